The first-order valence-electron chi connectivity index (χ1n) is 8.41. The van der Waals surface area contributed by atoms with Gasteiger partial charge in [-0.1, -0.05) is 0 Å². The van der Waals surface area contributed by atoms with Crippen LogP contribution in [-0.2, 0) is 19.1 Å². The summed E-state index contributed by atoms with van der Waals surface area (Å²) in [6.45, 7) is 0. The highest BCUT2D eigenvalue weighted by molar-refractivity contribution is 5.89. The fraction of sp³-hybridized carbons (Fsp3) is 0.812. The Morgan fingerprint density at radius 1 is 1.42 bits per heavy atom. The first-order valence-corrected chi connectivity index (χ1v) is 8.41. The molecular weight excluding hydrogens is 317 g/mol. The highest BCUT2D eigenvalue weighted by Gasteiger charge is 2.53. The summed E-state index contributed by atoms with van der Waals surface area (Å²) in [5.41, 5.74) is 4.29. The minimum absolute atomic E-state index is 0.0558. The molecule has 1 saturated heterocycles. The molecule has 0 aromatic rings. The van der Waals surface area contributed by atoms with E-state index in [4.69, 9.17) is 10.5 Å². The number of nitrogens with two attached hydrogens (primary N) is 1. The second kappa shape index (κ2) is 5.98. The van der Waals surface area contributed by atoms with E-state index < -0.39 is 29.6 Å². The van der Waals surface area contributed by atoms with E-state index in [-0.39, 0.29) is 30.2 Å². The van der Waals surface area contributed by atoms with Gasteiger partial charge in [0, 0.05) is 17.9 Å². The predicted octanol–water partition coefficient (Wildman–Crippen LogP) is -0.0775. The van der Waals surface area contributed by atoms with Gasteiger partial charge in [-0.25, -0.2) is 9.18 Å². The molecule has 1 heterocycles. The Hall–Kier alpha value is -1.70. The number of halogens is 1. The van der Waals surface area contributed by atoms with Crippen molar-refractivity contribution in [3.05, 3.63) is 0 Å². The smallest absolute Gasteiger partial charge is 0.328 e. The Bertz CT molecular complexity index is 560. The molecule has 0 aromatic heterocycles. The molecule has 3 rings (SSSR count). The van der Waals surface area contributed by atoms with Crippen molar-refractivity contribution < 1.29 is 23.5 Å². The van der Waals surface area contributed by atoms with Crippen LogP contribution in [0.5, 0.6) is 0 Å². The van der Waals surface area contributed by atoms with Crippen molar-refractivity contribution in [1.82, 2.24) is 10.6 Å². The topological polar surface area (TPSA) is 111 Å². The number of methoxy groups -OCH3 is 1. The molecule has 134 valence electrons. The van der Waals surface area contributed by atoms with Gasteiger partial charge in [-0.2, -0.15) is 0 Å². The summed E-state index contributed by atoms with van der Waals surface area (Å²) in [4.78, 5) is 36.2. The minimum Gasteiger partial charge on any atom is -0.467 e. The molecule has 0 unspecified atom stereocenters. The van der Waals surface area contributed by atoms with Gasteiger partial charge in [0.2, 0.25) is 11.8 Å². The van der Waals surface area contributed by atoms with Crippen molar-refractivity contribution in [2.45, 2.75) is 68.2 Å². The number of carbonyl (C=O) groups is 3. The average Bonchev–Trinajstić information content (AvgIpc) is 3.42. The molecule has 0 bridgehead atoms. The number of hydrogen-bond donors (Lipinski definition) is 3. The lowest BCUT2D eigenvalue weighted by Gasteiger charge is -2.21. The Morgan fingerprint density at radius 2 is 2.08 bits per heavy atom. The van der Waals surface area contributed by atoms with Gasteiger partial charge >= 0.3 is 5.97 Å². The van der Waals surface area contributed by atoms with Crippen LogP contribution in [-0.4, -0.2) is 48.2 Å². The summed E-state index contributed by atoms with van der Waals surface area (Å²) < 4.78 is 18.5. The lowest BCUT2D eigenvalue weighted by molar-refractivity contribution is -0.146. The SMILES string of the molecule is COC(=O)[C@H](C[C@@H]1CC2(CC2)NC1=O)NC(=O)[C@@H](N)CC1(F)CC1. The van der Waals surface area contributed by atoms with Crippen LogP contribution in [0.3, 0.4) is 0 Å². The lowest BCUT2D eigenvalue weighted by atomic mass is 9.95. The van der Waals surface area contributed by atoms with Crippen molar-refractivity contribution >= 4 is 17.8 Å². The molecule has 3 fully saturated rings. The molecule has 2 aliphatic carbocycles. The van der Waals surface area contributed by atoms with Gasteiger partial charge in [-0.3, -0.25) is 9.59 Å². The summed E-state index contributed by atoms with van der Waals surface area (Å²) in [5.74, 6) is -1.65. The van der Waals surface area contributed by atoms with Gasteiger partial charge in [0.05, 0.1) is 13.2 Å². The molecule has 7 nitrogen and oxygen atoms in total. The number of carbonyl (C=O) groups excluding carboxylic acids is 3. The van der Waals surface area contributed by atoms with Gasteiger partial charge in [0.25, 0.3) is 0 Å². The summed E-state index contributed by atoms with van der Waals surface area (Å²) in [6, 6.07) is -1.97. The molecule has 24 heavy (non-hydrogen) atoms. The lowest BCUT2D eigenvalue weighted by Crippen LogP contribution is -2.50. The van der Waals surface area contributed by atoms with E-state index >= 15 is 0 Å². The zero-order valence-corrected chi connectivity index (χ0v) is 13.8. The van der Waals surface area contributed by atoms with E-state index in [9.17, 15) is 18.8 Å². The number of rotatable bonds is 7. The number of ether oxygens (including phenoxy) is 1. The van der Waals surface area contributed by atoms with Crippen LogP contribution in [0.2, 0.25) is 0 Å². The van der Waals surface area contributed by atoms with Gasteiger partial charge in [-0.05, 0) is 38.5 Å². The maximum atomic E-state index is 13.7. The largest absolute Gasteiger partial charge is 0.467 e. The Morgan fingerprint density at radius 3 is 2.58 bits per heavy atom. The Kier molecular flexibility index (Phi) is 4.27. The van der Waals surface area contributed by atoms with Crippen LogP contribution >= 0.6 is 0 Å². The molecule has 8 heteroatoms. The summed E-state index contributed by atoms with van der Waals surface area (Å²) in [5, 5.41) is 5.48. The highest BCUT2D eigenvalue weighted by Crippen LogP contribution is 2.46. The van der Waals surface area contributed by atoms with Gasteiger partial charge in [0.15, 0.2) is 0 Å². The number of hydrogen-bond acceptors (Lipinski definition) is 5. The Balaban J connectivity index is 1.58. The van der Waals surface area contributed by atoms with E-state index in [0.717, 1.165) is 12.8 Å². The fourth-order valence-electron chi connectivity index (χ4n) is 3.40. The van der Waals surface area contributed by atoms with E-state index in [2.05, 4.69) is 10.6 Å². The molecule has 4 N–H and O–H groups in total. The van der Waals surface area contributed by atoms with E-state index in [1.165, 1.54) is 7.11 Å². The average molecular weight is 341 g/mol. The zero-order valence-electron chi connectivity index (χ0n) is 13.8. The maximum absolute atomic E-state index is 13.7. The molecular formula is C16H24FN3O4. The van der Waals surface area contributed by atoms with Crippen LogP contribution in [0, 0.1) is 5.92 Å². The number of nitrogens with one attached hydrogen (secondary N) is 2. The Labute approximate surface area is 139 Å². The normalized spacial score (nSPS) is 28.0. The number of alkyl halides is 1. The monoisotopic (exact) mass is 341 g/mol. The first-order chi connectivity index (χ1) is 11.3. The molecule has 2 amide bonds. The molecule has 2 saturated carbocycles. The molecule has 0 radical (unpaired) electrons. The molecule has 0 aromatic carbocycles. The van der Waals surface area contributed by atoms with Gasteiger partial charge in [-0.15, -0.1) is 0 Å². The summed E-state index contributed by atoms with van der Waals surface area (Å²) in [7, 11) is 1.22. The second-order valence-corrected chi connectivity index (χ2v) is 7.45. The van der Waals surface area contributed by atoms with Crippen molar-refractivity contribution in [2.75, 3.05) is 7.11 Å². The maximum Gasteiger partial charge on any atom is 0.328 e. The fourth-order valence-corrected chi connectivity index (χ4v) is 3.40. The minimum atomic E-state index is -1.35. The summed E-state index contributed by atoms with van der Waals surface area (Å²) >= 11 is 0. The summed E-state index contributed by atoms with van der Waals surface area (Å²) in [6.07, 6.45) is 3.51. The second-order valence-electron chi connectivity index (χ2n) is 7.45. The number of esters is 1. The standard InChI is InChI=1S/C16H24FN3O4/c1-24-14(23)11(6-9-7-16(4-5-16)20-12(9)21)19-13(22)10(18)8-15(17)2-3-15/h9-11H,2-8,18H2,1H3,(H,19,22)(H,20,21)/t9-,10+,11+/m1/s1. The third-order valence-electron chi connectivity index (χ3n) is 5.29. The van der Waals surface area contributed by atoms with Gasteiger partial charge < -0.3 is 21.1 Å². The third kappa shape index (κ3) is 3.68. The van der Waals surface area contributed by atoms with Gasteiger partial charge in [0.1, 0.15) is 11.7 Å². The van der Waals surface area contributed by atoms with Crippen LogP contribution in [0.4, 0.5) is 4.39 Å². The zero-order chi connectivity index (χ0) is 17.5. The van der Waals surface area contributed by atoms with Crippen molar-refractivity contribution in [3.8, 4) is 0 Å². The number of amides is 2. The van der Waals surface area contributed by atoms with Crippen molar-refractivity contribution in [3.63, 3.8) is 0 Å². The highest BCUT2D eigenvalue weighted by atomic mass is 19.1. The van der Waals surface area contributed by atoms with Crippen molar-refractivity contribution in [1.29, 1.82) is 0 Å². The van der Waals surface area contributed by atoms with Crippen molar-refractivity contribution in [2.24, 2.45) is 11.7 Å². The van der Waals surface area contributed by atoms with Crippen LogP contribution in [0.15, 0.2) is 0 Å². The van der Waals surface area contributed by atoms with E-state index in [1.807, 2.05) is 0 Å². The molecule has 3 atom stereocenters. The first kappa shape index (κ1) is 17.1. The predicted molar refractivity (Wildman–Crippen MR) is 82.4 cm³/mol. The van der Waals surface area contributed by atoms with Crippen LogP contribution in [0.1, 0.15) is 44.9 Å². The van der Waals surface area contributed by atoms with E-state index in [0.29, 0.717) is 19.3 Å². The quantitative estimate of drug-likeness (QED) is 0.561. The molecule has 1 aliphatic heterocycles. The third-order valence-corrected chi connectivity index (χ3v) is 5.29. The van der Waals surface area contributed by atoms with Crippen LogP contribution < -0.4 is 16.4 Å². The van der Waals surface area contributed by atoms with Crippen LogP contribution in [0.25, 0.3) is 0 Å². The van der Waals surface area contributed by atoms with E-state index in [1.54, 1.807) is 0 Å². The molecule has 1 spiro atoms. The molecule has 3 aliphatic rings.